The third-order valence-corrected chi connectivity index (χ3v) is 4.82. The number of hydrogen-bond donors (Lipinski definition) is 3. The molecule has 0 bridgehead atoms. The summed E-state index contributed by atoms with van der Waals surface area (Å²) in [5.74, 6) is -1.42. The van der Waals surface area contributed by atoms with Crippen molar-refractivity contribution in [2.24, 2.45) is 0 Å². The molecule has 6 nitrogen and oxygen atoms in total. The topological polar surface area (TPSA) is 83.4 Å². The number of pyridine rings is 1. The van der Waals surface area contributed by atoms with Gasteiger partial charge in [0.2, 0.25) is 5.43 Å². The number of halogens is 1. The number of carbonyl (C=O) groups excluding carboxylic acids is 1. The number of carbonyl (C=O) groups is 1. The van der Waals surface area contributed by atoms with Crippen LogP contribution in [0.3, 0.4) is 0 Å². The zero-order valence-corrected chi connectivity index (χ0v) is 14.1. The van der Waals surface area contributed by atoms with Crippen LogP contribution in [0.15, 0.2) is 23.1 Å². The summed E-state index contributed by atoms with van der Waals surface area (Å²) in [6, 6.07) is 3.04. The lowest BCUT2D eigenvalue weighted by atomic mass is 9.95. The van der Waals surface area contributed by atoms with Crippen molar-refractivity contribution in [2.45, 2.75) is 51.6 Å². The zero-order valence-electron chi connectivity index (χ0n) is 14.1. The number of fused-ring (bicyclic) bond motifs is 1. The molecular weight excluding hydrogens is 325 g/mol. The van der Waals surface area contributed by atoms with E-state index in [1.165, 1.54) is 24.2 Å². The van der Waals surface area contributed by atoms with Gasteiger partial charge < -0.3 is 9.88 Å². The van der Waals surface area contributed by atoms with E-state index in [0.29, 0.717) is 17.7 Å². The van der Waals surface area contributed by atoms with Crippen LogP contribution in [0.1, 0.15) is 49.4 Å². The summed E-state index contributed by atoms with van der Waals surface area (Å²) in [6.45, 7) is 2.36. The fourth-order valence-electron chi connectivity index (χ4n) is 3.47. The minimum absolute atomic E-state index is 0.120. The average molecular weight is 347 g/mol. The van der Waals surface area contributed by atoms with E-state index < -0.39 is 17.2 Å². The molecule has 1 aliphatic carbocycles. The molecule has 25 heavy (non-hydrogen) atoms. The summed E-state index contributed by atoms with van der Waals surface area (Å²) in [5.41, 5.74) is 1.57. The van der Waals surface area contributed by atoms with Crippen LogP contribution in [0.5, 0.6) is 0 Å². The monoisotopic (exact) mass is 347 g/mol. The van der Waals surface area contributed by atoms with Gasteiger partial charge in [0.25, 0.3) is 5.91 Å². The Balaban J connectivity index is 2.10. The number of nitrogens with zero attached hydrogens (tertiary/aromatic N) is 1. The Hall–Kier alpha value is -2.41. The van der Waals surface area contributed by atoms with E-state index in [1.807, 2.05) is 6.92 Å². The average Bonchev–Trinajstić information content (AvgIpc) is 2.63. The minimum atomic E-state index is -0.904. The summed E-state index contributed by atoms with van der Waals surface area (Å²) < 4.78 is 16.2. The molecule has 3 rings (SSSR count). The van der Waals surface area contributed by atoms with Crippen LogP contribution in [0.2, 0.25) is 0 Å². The van der Waals surface area contributed by atoms with Crippen LogP contribution in [0.25, 0.3) is 10.9 Å². The molecule has 1 heterocycles. The maximum Gasteiger partial charge on any atom is 0.280 e. The standard InChI is InChI=1S/C18H22FN3O3/c1-2-22-10-13(18(24)21-25)17(23)12-8-14(19)15(9-16(12)22)20-11-6-4-3-5-7-11/h8-11,20,25H,2-7H2,1H3,(H,21,24). The highest BCUT2D eigenvalue weighted by Gasteiger charge is 2.19. The maximum absolute atomic E-state index is 14.5. The molecule has 1 aromatic heterocycles. The van der Waals surface area contributed by atoms with Gasteiger partial charge in [-0.3, -0.25) is 14.8 Å². The highest BCUT2D eigenvalue weighted by molar-refractivity contribution is 5.97. The molecule has 134 valence electrons. The van der Waals surface area contributed by atoms with Crippen molar-refractivity contribution in [3.05, 3.63) is 39.9 Å². The van der Waals surface area contributed by atoms with Gasteiger partial charge in [-0.1, -0.05) is 19.3 Å². The predicted octanol–water partition coefficient (Wildman–Crippen LogP) is 3.02. The van der Waals surface area contributed by atoms with Gasteiger partial charge in [-0.15, -0.1) is 0 Å². The number of hydroxylamine groups is 1. The molecule has 1 fully saturated rings. The van der Waals surface area contributed by atoms with Crippen molar-refractivity contribution in [3.8, 4) is 0 Å². The third-order valence-electron chi connectivity index (χ3n) is 4.82. The van der Waals surface area contributed by atoms with Crippen molar-refractivity contribution in [1.82, 2.24) is 10.0 Å². The molecule has 0 radical (unpaired) electrons. The van der Waals surface area contributed by atoms with Crippen LogP contribution in [0, 0.1) is 5.82 Å². The van der Waals surface area contributed by atoms with Crippen molar-refractivity contribution < 1.29 is 14.4 Å². The summed E-state index contributed by atoms with van der Waals surface area (Å²) in [4.78, 5) is 24.2. The van der Waals surface area contributed by atoms with Crippen molar-refractivity contribution >= 4 is 22.5 Å². The second-order valence-corrected chi connectivity index (χ2v) is 6.43. The summed E-state index contributed by atoms with van der Waals surface area (Å²) >= 11 is 0. The Bertz CT molecular complexity index is 857. The number of aromatic nitrogens is 1. The molecule has 1 aliphatic rings. The first-order valence-electron chi connectivity index (χ1n) is 8.62. The molecule has 0 atom stereocenters. The summed E-state index contributed by atoms with van der Waals surface area (Å²) in [7, 11) is 0. The van der Waals surface area contributed by atoms with Crippen LogP contribution in [-0.2, 0) is 6.54 Å². The molecule has 0 unspecified atom stereocenters. The number of amides is 1. The highest BCUT2D eigenvalue weighted by atomic mass is 19.1. The first-order valence-corrected chi connectivity index (χ1v) is 8.62. The number of aryl methyl sites for hydroxylation is 1. The second kappa shape index (κ2) is 7.23. The van der Waals surface area contributed by atoms with Gasteiger partial charge in [0.15, 0.2) is 0 Å². The van der Waals surface area contributed by atoms with Crippen LogP contribution < -0.4 is 16.2 Å². The Labute approximate surface area is 144 Å². The molecule has 7 heteroatoms. The van der Waals surface area contributed by atoms with E-state index in [0.717, 1.165) is 25.7 Å². The van der Waals surface area contributed by atoms with Gasteiger partial charge in [0.1, 0.15) is 11.4 Å². The van der Waals surface area contributed by atoms with E-state index in [2.05, 4.69) is 5.32 Å². The SMILES string of the molecule is CCn1cc(C(=O)NO)c(=O)c2cc(F)c(NC3CCCCC3)cc21. The number of hydrogen-bond acceptors (Lipinski definition) is 4. The molecule has 0 saturated heterocycles. The Morgan fingerprint density at radius 2 is 2.04 bits per heavy atom. The van der Waals surface area contributed by atoms with Gasteiger partial charge in [0, 0.05) is 24.2 Å². The first kappa shape index (κ1) is 17.4. The maximum atomic E-state index is 14.5. The third kappa shape index (κ3) is 3.37. The van der Waals surface area contributed by atoms with Gasteiger partial charge in [-0.25, -0.2) is 9.87 Å². The fourth-order valence-corrected chi connectivity index (χ4v) is 3.47. The highest BCUT2D eigenvalue weighted by Crippen LogP contribution is 2.26. The van der Waals surface area contributed by atoms with Gasteiger partial charge in [-0.2, -0.15) is 0 Å². The normalized spacial score (nSPS) is 15.3. The lowest BCUT2D eigenvalue weighted by Gasteiger charge is -2.24. The van der Waals surface area contributed by atoms with E-state index >= 15 is 0 Å². The molecule has 1 amide bonds. The molecule has 0 spiro atoms. The summed E-state index contributed by atoms with van der Waals surface area (Å²) in [5, 5.41) is 12.2. The Morgan fingerprint density at radius 1 is 1.32 bits per heavy atom. The fraction of sp³-hybridized carbons (Fsp3) is 0.444. The van der Waals surface area contributed by atoms with E-state index in [4.69, 9.17) is 5.21 Å². The van der Waals surface area contributed by atoms with E-state index in [-0.39, 0.29) is 17.0 Å². The molecule has 1 saturated carbocycles. The zero-order chi connectivity index (χ0) is 18.0. The van der Waals surface area contributed by atoms with Crippen LogP contribution in [0.4, 0.5) is 10.1 Å². The minimum Gasteiger partial charge on any atom is -0.380 e. The van der Waals surface area contributed by atoms with Crippen LogP contribution in [-0.4, -0.2) is 21.7 Å². The smallest absolute Gasteiger partial charge is 0.280 e. The Morgan fingerprint density at radius 3 is 2.68 bits per heavy atom. The van der Waals surface area contributed by atoms with E-state index in [1.54, 1.807) is 10.6 Å². The van der Waals surface area contributed by atoms with Crippen molar-refractivity contribution in [3.63, 3.8) is 0 Å². The number of anilines is 1. The molecular formula is C18H22FN3O3. The van der Waals surface area contributed by atoms with Crippen molar-refractivity contribution in [1.29, 1.82) is 0 Å². The largest absolute Gasteiger partial charge is 0.380 e. The molecule has 2 aromatic rings. The first-order chi connectivity index (χ1) is 12.0. The van der Waals surface area contributed by atoms with E-state index in [9.17, 15) is 14.0 Å². The van der Waals surface area contributed by atoms with Gasteiger partial charge in [-0.05, 0) is 31.9 Å². The number of rotatable bonds is 4. The van der Waals surface area contributed by atoms with Gasteiger partial charge >= 0.3 is 0 Å². The number of nitrogens with one attached hydrogen (secondary N) is 2. The lowest BCUT2D eigenvalue weighted by Crippen LogP contribution is -2.28. The molecule has 3 N–H and O–H groups in total. The van der Waals surface area contributed by atoms with Crippen LogP contribution >= 0.6 is 0 Å². The van der Waals surface area contributed by atoms with Crippen molar-refractivity contribution in [2.75, 3.05) is 5.32 Å². The van der Waals surface area contributed by atoms with Gasteiger partial charge in [0.05, 0.1) is 11.2 Å². The Kier molecular flexibility index (Phi) is 5.03. The predicted molar refractivity (Wildman–Crippen MR) is 93.6 cm³/mol. The second-order valence-electron chi connectivity index (χ2n) is 6.43. The molecule has 0 aliphatic heterocycles. The molecule has 1 aromatic carbocycles. The number of benzene rings is 1. The lowest BCUT2D eigenvalue weighted by molar-refractivity contribution is 0.0704. The summed E-state index contributed by atoms with van der Waals surface area (Å²) in [6.07, 6.45) is 6.88. The quantitative estimate of drug-likeness (QED) is 0.586.